The smallest absolute Gasteiger partial charge is 0.329 e. The van der Waals surface area contributed by atoms with Crippen molar-refractivity contribution in [3.8, 4) is 0 Å². The fraction of sp³-hybridized carbons (Fsp3) is 0.769. The fourth-order valence-electron chi connectivity index (χ4n) is 10.6. The molecular formula is C52H83NO12. The molecule has 3 heterocycles. The number of esters is 1. The second-order valence-corrected chi connectivity index (χ2v) is 20.1. The highest BCUT2D eigenvalue weighted by atomic mass is 16.6. The molecule has 16 atom stereocenters. The summed E-state index contributed by atoms with van der Waals surface area (Å²) in [6, 6.07) is -0.919. The van der Waals surface area contributed by atoms with E-state index in [2.05, 4.69) is 0 Å². The molecular weight excluding hydrogens is 831 g/mol. The van der Waals surface area contributed by atoms with Gasteiger partial charge >= 0.3 is 5.97 Å². The topological polar surface area (TPSA) is 178 Å². The van der Waals surface area contributed by atoms with Crippen molar-refractivity contribution in [1.82, 2.24) is 4.90 Å². The number of nitrogens with zero attached hydrogens (tertiary/aromatic N) is 1. The lowest BCUT2D eigenvalue weighted by Gasteiger charge is -2.47. The molecule has 13 nitrogen and oxygen atoms in total. The largest absolute Gasteiger partial charge is 0.460 e. The highest BCUT2D eigenvalue weighted by Gasteiger charge is 2.51. The van der Waals surface area contributed by atoms with Gasteiger partial charge in [0.25, 0.3) is 0 Å². The molecule has 3 N–H and O–H groups in total. The maximum Gasteiger partial charge on any atom is 0.329 e. The van der Waals surface area contributed by atoms with Crippen LogP contribution in [0.2, 0.25) is 0 Å². The number of Topliss-reactive ketones (excluding diaryl/α,β-unsaturated/α-hetero) is 2. The van der Waals surface area contributed by atoms with Crippen molar-refractivity contribution in [1.29, 1.82) is 0 Å². The first-order valence-corrected chi connectivity index (χ1v) is 24.4. The van der Waals surface area contributed by atoms with Crippen LogP contribution in [0.1, 0.15) is 132 Å². The summed E-state index contributed by atoms with van der Waals surface area (Å²) in [5, 5.41) is 34.2. The minimum Gasteiger partial charge on any atom is -0.460 e. The van der Waals surface area contributed by atoms with E-state index < -0.39 is 66.1 Å². The number of allylic oxidation sites excluding steroid dienone is 6. The molecule has 0 aromatic heterocycles. The molecule has 0 aromatic rings. The Labute approximate surface area is 389 Å². The number of amides is 1. The summed E-state index contributed by atoms with van der Waals surface area (Å²) in [4.78, 5) is 58.5. The van der Waals surface area contributed by atoms with E-state index in [1.807, 2.05) is 65.0 Å². The Bertz CT molecular complexity index is 1710. The number of cyclic esters (lactones) is 1. The minimum absolute atomic E-state index is 0.0468. The molecule has 1 aliphatic carbocycles. The Morgan fingerprint density at radius 1 is 0.846 bits per heavy atom. The first-order valence-electron chi connectivity index (χ1n) is 24.4. The summed E-state index contributed by atoms with van der Waals surface area (Å²) < 4.78 is 30.0. The summed E-state index contributed by atoms with van der Waals surface area (Å²) in [7, 11) is 4.63. The number of carbonyl (C=O) groups excluding carboxylic acids is 4. The van der Waals surface area contributed by atoms with Crippen LogP contribution in [-0.2, 0) is 42.9 Å². The third kappa shape index (κ3) is 14.5. The van der Waals surface area contributed by atoms with Crippen LogP contribution in [0.3, 0.4) is 0 Å². The van der Waals surface area contributed by atoms with E-state index >= 15 is 0 Å². The van der Waals surface area contributed by atoms with Gasteiger partial charge in [-0.1, -0.05) is 71.1 Å². The number of piperidine rings is 1. The fourth-order valence-corrected chi connectivity index (χ4v) is 10.6. The third-order valence-electron chi connectivity index (χ3n) is 15.0. The van der Waals surface area contributed by atoms with E-state index in [9.17, 15) is 34.5 Å². The van der Waals surface area contributed by atoms with Crippen LogP contribution in [0.5, 0.6) is 0 Å². The van der Waals surface area contributed by atoms with Gasteiger partial charge in [-0.2, -0.15) is 0 Å². The van der Waals surface area contributed by atoms with E-state index in [1.165, 1.54) is 12.0 Å². The number of carbonyl (C=O) groups is 4. The highest BCUT2D eigenvalue weighted by Crippen LogP contribution is 2.41. The van der Waals surface area contributed by atoms with Crippen LogP contribution in [0.25, 0.3) is 0 Å². The first kappa shape index (κ1) is 54.6. The molecule has 0 aromatic carbocycles. The highest BCUT2D eigenvalue weighted by molar-refractivity contribution is 5.88. The number of hydrogen-bond donors (Lipinski definition) is 3. The van der Waals surface area contributed by atoms with Crippen molar-refractivity contribution in [2.24, 2.45) is 41.4 Å². The molecule has 368 valence electrons. The summed E-state index contributed by atoms with van der Waals surface area (Å²) in [6.45, 7) is 15.1. The van der Waals surface area contributed by atoms with Crippen LogP contribution in [0.15, 0.2) is 47.6 Å². The predicted octanol–water partition coefficient (Wildman–Crippen LogP) is 7.25. The van der Waals surface area contributed by atoms with Gasteiger partial charge in [0.1, 0.15) is 30.1 Å². The van der Waals surface area contributed by atoms with E-state index in [1.54, 1.807) is 41.1 Å². The molecule has 2 bridgehead atoms. The molecule has 3 fully saturated rings. The number of rotatable bonds is 6. The summed E-state index contributed by atoms with van der Waals surface area (Å²) in [5.74, 6) is -5.75. The first-order chi connectivity index (χ1) is 30.7. The Morgan fingerprint density at radius 3 is 2.25 bits per heavy atom. The maximum atomic E-state index is 14.6. The standard InChI is InChI=1S/C52H83NO12/c1-31-17-13-12-14-18-32(2)44(61-9)29-40-22-20-37(7)52(60,65-40)38(8)50(58)53-24-16-15-19-41(53)51(59)64-45(34(4)27-39-21-23-42(54)46(28-39)62-10)30-43(55)33(3)26-36(6)48(57)49(63-11)47(56)35(5)25-31/h12-14,17-18,26,31,33-35,37-42,44-46,48-49,54,57,60H,15-16,19-25,27-30H2,1-11H3/b14-12?,17-13+,32-18?,36-26+/t31-,33-,34-,35-,37-,38?,39+,40?,41+,42-,44+,45+,46-,48-,49+,52-/m1/s1. The van der Waals surface area contributed by atoms with E-state index in [0.717, 1.165) is 12.0 Å². The van der Waals surface area contributed by atoms with Crippen molar-refractivity contribution in [3.05, 3.63) is 47.6 Å². The Kier molecular flexibility index (Phi) is 21.3. The third-order valence-corrected chi connectivity index (χ3v) is 15.0. The lowest BCUT2D eigenvalue weighted by molar-refractivity contribution is -0.303. The second kappa shape index (κ2) is 25.4. The number of hydrogen-bond acceptors (Lipinski definition) is 12. The van der Waals surface area contributed by atoms with Gasteiger partial charge in [-0.05, 0) is 114 Å². The molecule has 0 spiro atoms. The Morgan fingerprint density at radius 2 is 1.57 bits per heavy atom. The van der Waals surface area contributed by atoms with Crippen molar-refractivity contribution < 1.29 is 58.2 Å². The van der Waals surface area contributed by atoms with Crippen molar-refractivity contribution in [2.45, 2.75) is 187 Å². The molecule has 2 unspecified atom stereocenters. The van der Waals surface area contributed by atoms with Gasteiger partial charge in [0, 0.05) is 58.5 Å². The van der Waals surface area contributed by atoms with E-state index in [-0.39, 0.29) is 59.8 Å². The van der Waals surface area contributed by atoms with Crippen LogP contribution < -0.4 is 0 Å². The van der Waals surface area contributed by atoms with Gasteiger partial charge in [-0.15, -0.1) is 0 Å². The zero-order chi connectivity index (χ0) is 48.2. The zero-order valence-electron chi connectivity index (χ0n) is 41.3. The molecule has 2 saturated heterocycles. The number of aliphatic hydroxyl groups is 3. The average Bonchev–Trinajstić information content (AvgIpc) is 3.28. The molecule has 1 amide bonds. The molecule has 0 radical (unpaired) electrons. The van der Waals surface area contributed by atoms with Gasteiger partial charge in [-0.3, -0.25) is 14.4 Å². The summed E-state index contributed by atoms with van der Waals surface area (Å²) in [6.07, 6.45) is 13.2. The van der Waals surface area contributed by atoms with E-state index in [0.29, 0.717) is 76.3 Å². The molecule has 3 aliphatic heterocycles. The minimum atomic E-state index is -1.79. The molecule has 4 aliphatic rings. The lowest BCUT2D eigenvalue weighted by Crippen LogP contribution is -2.59. The van der Waals surface area contributed by atoms with Crippen LogP contribution in [-0.4, -0.2) is 126 Å². The second-order valence-electron chi connectivity index (χ2n) is 20.1. The monoisotopic (exact) mass is 914 g/mol. The number of methoxy groups -OCH3 is 3. The van der Waals surface area contributed by atoms with Crippen LogP contribution in [0, 0.1) is 41.4 Å². The van der Waals surface area contributed by atoms with Gasteiger partial charge in [0.2, 0.25) is 5.91 Å². The van der Waals surface area contributed by atoms with Crippen LogP contribution >= 0.6 is 0 Å². The quantitative estimate of drug-likeness (QED) is 0.180. The molecule has 4 rings (SSSR count). The van der Waals surface area contributed by atoms with Gasteiger partial charge in [-0.25, -0.2) is 4.79 Å². The van der Waals surface area contributed by atoms with E-state index in [4.69, 9.17) is 23.7 Å². The Balaban J connectivity index is 1.70. The van der Waals surface area contributed by atoms with Crippen molar-refractivity contribution in [3.63, 3.8) is 0 Å². The number of ketones is 2. The van der Waals surface area contributed by atoms with Gasteiger partial charge in [0.05, 0.1) is 30.3 Å². The normalized spacial score (nSPS) is 40.2. The molecule has 65 heavy (non-hydrogen) atoms. The molecule has 1 saturated carbocycles. The van der Waals surface area contributed by atoms with Gasteiger partial charge < -0.3 is 43.9 Å². The average molecular weight is 914 g/mol. The zero-order valence-corrected chi connectivity index (χ0v) is 41.3. The van der Waals surface area contributed by atoms with Crippen molar-refractivity contribution in [2.75, 3.05) is 27.9 Å². The molecule has 13 heteroatoms. The number of fused-ring (bicyclic) bond motifs is 3. The summed E-state index contributed by atoms with van der Waals surface area (Å²) >= 11 is 0. The summed E-state index contributed by atoms with van der Waals surface area (Å²) in [5.41, 5.74) is 1.38. The number of ether oxygens (including phenoxy) is 5. The lowest BCUT2D eigenvalue weighted by atomic mass is 9.78. The predicted molar refractivity (Wildman–Crippen MR) is 249 cm³/mol. The Hall–Kier alpha value is -3.04. The SMILES string of the molecule is CO[C@H]1CC2CC[C@@H](C)[C@@](O)(O2)C(C)C(=O)N2CCCC[C@H]2C(=O)O[C@H]([C@H](C)C[C@@H]2CC[C@@H](O)[C@H](OC)C2)CC(=O)[C@H](C)/C=C(\C)[C@@H](O)[C@@H](OC)C(=O)[C@H](C)C[C@H](C)/C=C/C=CC=C1C. The van der Waals surface area contributed by atoms with Crippen molar-refractivity contribution >= 4 is 23.4 Å². The number of aliphatic hydroxyl groups excluding tert-OH is 2. The van der Waals surface area contributed by atoms with Crippen LogP contribution in [0.4, 0.5) is 0 Å². The maximum absolute atomic E-state index is 14.6. The van der Waals surface area contributed by atoms with Gasteiger partial charge in [0.15, 0.2) is 11.6 Å².